The van der Waals surface area contributed by atoms with Crippen LogP contribution in [-0.4, -0.2) is 45.3 Å². The smallest absolute Gasteiger partial charge is 0.314 e. The molecule has 0 aromatic heterocycles. The van der Waals surface area contributed by atoms with E-state index in [1.54, 1.807) is 0 Å². The molecule has 5 nitrogen and oxygen atoms in total. The average molecular weight is 226 g/mol. The van der Waals surface area contributed by atoms with Gasteiger partial charge in [-0.2, -0.15) is 0 Å². The summed E-state index contributed by atoms with van der Waals surface area (Å²) in [5, 5.41) is 12.4. The van der Waals surface area contributed by atoms with Crippen molar-refractivity contribution in [3.8, 4) is 0 Å². The van der Waals surface area contributed by atoms with Crippen LogP contribution in [0.2, 0.25) is 0 Å². The van der Waals surface area contributed by atoms with Crippen LogP contribution >= 0.6 is 0 Å². The van der Waals surface area contributed by atoms with Crippen molar-refractivity contribution in [1.82, 2.24) is 21.3 Å². The van der Waals surface area contributed by atoms with Gasteiger partial charge in [-0.05, 0) is 31.8 Å². The lowest BCUT2D eigenvalue weighted by Gasteiger charge is -2.27. The zero-order valence-corrected chi connectivity index (χ0v) is 9.72. The van der Waals surface area contributed by atoms with Crippen molar-refractivity contribution in [1.29, 1.82) is 0 Å². The van der Waals surface area contributed by atoms with Gasteiger partial charge in [-0.15, -0.1) is 0 Å². The van der Waals surface area contributed by atoms with Gasteiger partial charge in [0, 0.05) is 32.1 Å². The van der Waals surface area contributed by atoms with Crippen molar-refractivity contribution in [2.45, 2.75) is 12.8 Å². The number of rotatable bonds is 4. The zero-order valence-electron chi connectivity index (χ0n) is 9.72. The molecule has 2 heterocycles. The second-order valence-corrected chi connectivity index (χ2v) is 4.83. The standard InChI is InChI=1S/C11H22N4O/c16-11(15-8-10-5-13-6-10)14-7-9-2-1-3-12-4-9/h9-10,12-13H,1-8H2,(H2,14,15,16). The van der Waals surface area contributed by atoms with Crippen molar-refractivity contribution in [2.24, 2.45) is 11.8 Å². The highest BCUT2D eigenvalue weighted by atomic mass is 16.2. The lowest BCUT2D eigenvalue weighted by molar-refractivity contribution is 0.231. The number of hydrogen-bond acceptors (Lipinski definition) is 3. The number of nitrogens with one attached hydrogen (secondary N) is 4. The summed E-state index contributed by atoms with van der Waals surface area (Å²) in [4.78, 5) is 11.5. The summed E-state index contributed by atoms with van der Waals surface area (Å²) >= 11 is 0. The van der Waals surface area contributed by atoms with Crippen molar-refractivity contribution >= 4 is 6.03 Å². The lowest BCUT2D eigenvalue weighted by atomic mass is 10.00. The van der Waals surface area contributed by atoms with E-state index < -0.39 is 0 Å². The molecule has 0 saturated carbocycles. The van der Waals surface area contributed by atoms with Gasteiger partial charge in [0.25, 0.3) is 0 Å². The van der Waals surface area contributed by atoms with Crippen LogP contribution in [0.5, 0.6) is 0 Å². The first-order chi connectivity index (χ1) is 7.84. The molecule has 5 heteroatoms. The van der Waals surface area contributed by atoms with Crippen LogP contribution in [-0.2, 0) is 0 Å². The maximum absolute atomic E-state index is 11.5. The fourth-order valence-electron chi connectivity index (χ4n) is 2.13. The lowest BCUT2D eigenvalue weighted by Crippen LogP contribution is -2.50. The normalized spacial score (nSPS) is 25.9. The topological polar surface area (TPSA) is 65.2 Å². The van der Waals surface area contributed by atoms with Crippen molar-refractivity contribution < 1.29 is 4.79 Å². The molecular weight excluding hydrogens is 204 g/mol. The minimum Gasteiger partial charge on any atom is -0.338 e. The molecule has 0 aromatic carbocycles. The molecule has 16 heavy (non-hydrogen) atoms. The molecule has 2 aliphatic heterocycles. The summed E-state index contributed by atoms with van der Waals surface area (Å²) in [5.74, 6) is 1.23. The van der Waals surface area contributed by atoms with E-state index in [4.69, 9.17) is 0 Å². The Morgan fingerprint density at radius 3 is 2.31 bits per heavy atom. The van der Waals surface area contributed by atoms with Crippen LogP contribution in [0.25, 0.3) is 0 Å². The minimum absolute atomic E-state index is 0.0162. The molecule has 0 spiro atoms. The average Bonchev–Trinajstić information content (AvgIpc) is 2.26. The molecule has 2 aliphatic rings. The SMILES string of the molecule is O=C(NCC1CCCNC1)NCC1CNC1. The summed E-state index contributed by atoms with van der Waals surface area (Å²) in [6.07, 6.45) is 2.45. The monoisotopic (exact) mass is 226 g/mol. The Morgan fingerprint density at radius 2 is 1.75 bits per heavy atom. The number of hydrogen-bond donors (Lipinski definition) is 4. The van der Waals surface area contributed by atoms with Gasteiger partial charge in [-0.1, -0.05) is 0 Å². The summed E-state index contributed by atoms with van der Waals surface area (Å²) in [6.45, 7) is 5.81. The maximum Gasteiger partial charge on any atom is 0.314 e. The van der Waals surface area contributed by atoms with E-state index in [1.165, 1.54) is 12.8 Å². The van der Waals surface area contributed by atoms with E-state index in [0.29, 0.717) is 11.8 Å². The van der Waals surface area contributed by atoms with E-state index in [9.17, 15) is 4.79 Å². The van der Waals surface area contributed by atoms with E-state index in [0.717, 1.165) is 39.3 Å². The van der Waals surface area contributed by atoms with Crippen LogP contribution in [0.3, 0.4) is 0 Å². The number of piperidine rings is 1. The Kier molecular flexibility index (Phi) is 4.42. The molecule has 2 amide bonds. The molecule has 2 saturated heterocycles. The highest BCUT2D eigenvalue weighted by Gasteiger charge is 2.17. The molecule has 1 unspecified atom stereocenters. The molecule has 0 aromatic rings. The summed E-state index contributed by atoms with van der Waals surface area (Å²) in [7, 11) is 0. The predicted molar refractivity (Wildman–Crippen MR) is 63.4 cm³/mol. The summed E-state index contributed by atoms with van der Waals surface area (Å²) in [6, 6.07) is -0.0162. The molecule has 1 atom stereocenters. The molecule has 0 radical (unpaired) electrons. The third kappa shape index (κ3) is 3.64. The van der Waals surface area contributed by atoms with Gasteiger partial charge in [0.05, 0.1) is 0 Å². The first-order valence-corrected chi connectivity index (χ1v) is 6.27. The molecule has 4 N–H and O–H groups in total. The minimum atomic E-state index is -0.0162. The van der Waals surface area contributed by atoms with Crippen molar-refractivity contribution in [3.05, 3.63) is 0 Å². The number of urea groups is 1. The molecule has 0 bridgehead atoms. The highest BCUT2D eigenvalue weighted by Crippen LogP contribution is 2.07. The summed E-state index contributed by atoms with van der Waals surface area (Å²) in [5.41, 5.74) is 0. The van der Waals surface area contributed by atoms with Gasteiger partial charge in [-0.25, -0.2) is 4.79 Å². The molecule has 92 valence electrons. The number of carbonyl (C=O) groups is 1. The van der Waals surface area contributed by atoms with E-state index >= 15 is 0 Å². The van der Waals surface area contributed by atoms with Gasteiger partial charge in [-0.3, -0.25) is 0 Å². The first-order valence-electron chi connectivity index (χ1n) is 6.27. The van der Waals surface area contributed by atoms with Gasteiger partial charge >= 0.3 is 6.03 Å². The number of carbonyl (C=O) groups excluding carboxylic acids is 1. The van der Waals surface area contributed by atoms with Gasteiger partial charge in [0.15, 0.2) is 0 Å². The second kappa shape index (κ2) is 6.06. The van der Waals surface area contributed by atoms with E-state index in [-0.39, 0.29) is 6.03 Å². The third-order valence-electron chi connectivity index (χ3n) is 3.37. The predicted octanol–water partition coefficient (Wildman–Crippen LogP) is -0.495. The Balaban J connectivity index is 1.52. The zero-order chi connectivity index (χ0) is 11.2. The Labute approximate surface area is 96.7 Å². The summed E-state index contributed by atoms with van der Waals surface area (Å²) < 4.78 is 0. The van der Waals surface area contributed by atoms with Crippen molar-refractivity contribution in [2.75, 3.05) is 39.3 Å². The Bertz CT molecular complexity index is 224. The first kappa shape index (κ1) is 11.7. The van der Waals surface area contributed by atoms with Gasteiger partial charge in [0.2, 0.25) is 0 Å². The number of amides is 2. The Hall–Kier alpha value is -0.810. The molecule has 2 rings (SSSR count). The van der Waals surface area contributed by atoms with E-state index in [1.807, 2.05) is 0 Å². The van der Waals surface area contributed by atoms with Crippen LogP contribution in [0.15, 0.2) is 0 Å². The maximum atomic E-state index is 11.5. The van der Waals surface area contributed by atoms with Crippen LogP contribution < -0.4 is 21.3 Å². The largest absolute Gasteiger partial charge is 0.338 e. The van der Waals surface area contributed by atoms with Crippen LogP contribution in [0, 0.1) is 11.8 Å². The van der Waals surface area contributed by atoms with Gasteiger partial charge < -0.3 is 21.3 Å². The Morgan fingerprint density at radius 1 is 1.06 bits per heavy atom. The molecular formula is C11H22N4O. The van der Waals surface area contributed by atoms with E-state index in [2.05, 4.69) is 21.3 Å². The van der Waals surface area contributed by atoms with Crippen LogP contribution in [0.1, 0.15) is 12.8 Å². The second-order valence-electron chi connectivity index (χ2n) is 4.83. The van der Waals surface area contributed by atoms with Crippen molar-refractivity contribution in [3.63, 3.8) is 0 Å². The molecule has 2 fully saturated rings. The van der Waals surface area contributed by atoms with Gasteiger partial charge in [0.1, 0.15) is 0 Å². The quantitative estimate of drug-likeness (QED) is 0.523. The third-order valence-corrected chi connectivity index (χ3v) is 3.37. The fraction of sp³-hybridized carbons (Fsp3) is 0.909. The molecule has 0 aliphatic carbocycles. The highest BCUT2D eigenvalue weighted by molar-refractivity contribution is 5.73. The fourth-order valence-corrected chi connectivity index (χ4v) is 2.13. The van der Waals surface area contributed by atoms with Crippen LogP contribution in [0.4, 0.5) is 4.79 Å².